The Hall–Kier alpha value is -2.76. The second kappa shape index (κ2) is 5.92. The molecule has 0 bridgehead atoms. The molecule has 0 atom stereocenters. The van der Waals surface area contributed by atoms with Gasteiger partial charge in [-0.25, -0.2) is 4.98 Å². The topological polar surface area (TPSA) is 82.3 Å². The van der Waals surface area contributed by atoms with Gasteiger partial charge in [-0.05, 0) is 24.3 Å². The zero-order valence-corrected chi connectivity index (χ0v) is 10.8. The quantitative estimate of drug-likeness (QED) is 0.473. The maximum absolute atomic E-state index is 11.5. The summed E-state index contributed by atoms with van der Waals surface area (Å²) in [4.78, 5) is 25.3. The van der Waals surface area contributed by atoms with Crippen LogP contribution in [-0.4, -0.2) is 15.7 Å². The Morgan fingerprint density at radius 3 is 2.45 bits per heavy atom. The molecule has 20 heavy (non-hydrogen) atoms. The van der Waals surface area contributed by atoms with Crippen molar-refractivity contribution >= 4 is 11.5 Å². The lowest BCUT2D eigenvalue weighted by Crippen LogP contribution is -1.96. The van der Waals surface area contributed by atoms with Gasteiger partial charge in [-0.15, -0.1) is 0 Å². The molecule has 0 spiro atoms. The average molecular weight is 272 g/mol. The Bertz CT molecular complexity index is 621. The molecular formula is C14H12N2O4. The summed E-state index contributed by atoms with van der Waals surface area (Å²) in [5, 5.41) is 10.5. The molecule has 0 amide bonds. The van der Waals surface area contributed by atoms with Crippen LogP contribution < -0.4 is 4.74 Å². The number of benzene rings is 1. The minimum absolute atomic E-state index is 0.0602. The van der Waals surface area contributed by atoms with E-state index in [-0.39, 0.29) is 17.4 Å². The normalized spacial score (nSPS) is 10.1. The van der Waals surface area contributed by atoms with E-state index in [9.17, 15) is 14.9 Å². The fourth-order valence-electron chi connectivity index (χ4n) is 1.57. The molecule has 0 aliphatic heterocycles. The number of pyridine rings is 1. The van der Waals surface area contributed by atoms with E-state index in [2.05, 4.69) is 4.98 Å². The molecule has 2 rings (SSSR count). The summed E-state index contributed by atoms with van der Waals surface area (Å²) < 4.78 is 5.44. The van der Waals surface area contributed by atoms with Crippen LogP contribution in [0.25, 0.3) is 0 Å². The number of carbonyl (C=O) groups is 1. The number of ether oxygens (including phenoxy) is 1. The summed E-state index contributed by atoms with van der Waals surface area (Å²) in [6.45, 7) is 1.80. The number of carbonyl (C=O) groups excluding carboxylic acids is 1. The molecule has 1 aromatic carbocycles. The van der Waals surface area contributed by atoms with Crippen molar-refractivity contribution < 1.29 is 14.5 Å². The highest BCUT2D eigenvalue weighted by molar-refractivity contribution is 5.95. The van der Waals surface area contributed by atoms with E-state index < -0.39 is 4.92 Å². The molecule has 6 heteroatoms. The number of nitro groups is 1. The monoisotopic (exact) mass is 272 g/mol. The highest BCUT2D eigenvalue weighted by atomic mass is 16.6. The maximum atomic E-state index is 11.5. The molecule has 2 aromatic rings. The maximum Gasteiger partial charge on any atom is 0.287 e. The van der Waals surface area contributed by atoms with Gasteiger partial charge in [0.1, 0.15) is 11.9 Å². The molecule has 1 aromatic heterocycles. The number of rotatable bonds is 5. The second-order valence-corrected chi connectivity index (χ2v) is 4.01. The van der Waals surface area contributed by atoms with Gasteiger partial charge in [0.15, 0.2) is 5.78 Å². The summed E-state index contributed by atoms with van der Waals surface area (Å²) >= 11 is 0. The third kappa shape index (κ3) is 3.17. The van der Waals surface area contributed by atoms with Crippen LogP contribution in [0.4, 0.5) is 5.69 Å². The number of aromatic nitrogens is 1. The van der Waals surface area contributed by atoms with Gasteiger partial charge in [-0.2, -0.15) is 0 Å². The molecule has 0 radical (unpaired) electrons. The first-order valence-corrected chi connectivity index (χ1v) is 6.01. The molecule has 1 heterocycles. The van der Waals surface area contributed by atoms with Gasteiger partial charge in [0.25, 0.3) is 5.69 Å². The second-order valence-electron chi connectivity index (χ2n) is 4.01. The van der Waals surface area contributed by atoms with Gasteiger partial charge < -0.3 is 4.74 Å². The van der Waals surface area contributed by atoms with Gasteiger partial charge in [0, 0.05) is 24.1 Å². The summed E-state index contributed by atoms with van der Waals surface area (Å²) in [6, 6.07) is 9.40. The van der Waals surface area contributed by atoms with Gasteiger partial charge in [0.05, 0.1) is 4.92 Å². The Morgan fingerprint density at radius 1 is 1.25 bits per heavy atom. The van der Waals surface area contributed by atoms with E-state index in [0.29, 0.717) is 17.7 Å². The van der Waals surface area contributed by atoms with Gasteiger partial charge >= 0.3 is 0 Å². The lowest BCUT2D eigenvalue weighted by atomic mass is 10.1. The molecule has 6 nitrogen and oxygen atoms in total. The standard InChI is InChI=1S/C14H12N2O4/c1-2-13(17)10-3-6-12(7-4-10)20-14-8-5-11(9-15-14)16(18)19/h3-9H,2H2,1H3. The van der Waals surface area contributed by atoms with E-state index in [1.807, 2.05) is 0 Å². The van der Waals surface area contributed by atoms with Gasteiger partial charge in [0.2, 0.25) is 5.88 Å². The Balaban J connectivity index is 2.10. The van der Waals surface area contributed by atoms with Crippen LogP contribution in [0.2, 0.25) is 0 Å². The van der Waals surface area contributed by atoms with Crippen molar-refractivity contribution in [3.63, 3.8) is 0 Å². The Morgan fingerprint density at radius 2 is 1.95 bits per heavy atom. The van der Waals surface area contributed by atoms with Crippen LogP contribution in [0, 0.1) is 10.1 Å². The fourth-order valence-corrected chi connectivity index (χ4v) is 1.57. The minimum atomic E-state index is -0.526. The first-order chi connectivity index (χ1) is 9.60. The molecule has 0 saturated carbocycles. The molecule has 0 N–H and O–H groups in total. The van der Waals surface area contributed by atoms with Crippen molar-refractivity contribution in [3.8, 4) is 11.6 Å². The highest BCUT2D eigenvalue weighted by Gasteiger charge is 2.07. The zero-order chi connectivity index (χ0) is 14.5. The van der Waals surface area contributed by atoms with Crippen LogP contribution in [-0.2, 0) is 0 Å². The van der Waals surface area contributed by atoms with Crippen LogP contribution in [0.3, 0.4) is 0 Å². The number of ketones is 1. The highest BCUT2D eigenvalue weighted by Crippen LogP contribution is 2.21. The summed E-state index contributed by atoms with van der Waals surface area (Å²) in [5.41, 5.74) is 0.526. The van der Waals surface area contributed by atoms with Crippen molar-refractivity contribution in [2.24, 2.45) is 0 Å². The minimum Gasteiger partial charge on any atom is -0.439 e. The van der Waals surface area contributed by atoms with E-state index in [0.717, 1.165) is 6.20 Å². The molecule has 102 valence electrons. The van der Waals surface area contributed by atoms with E-state index in [1.54, 1.807) is 31.2 Å². The predicted octanol–water partition coefficient (Wildman–Crippen LogP) is 3.37. The Labute approximate surface area is 115 Å². The Kier molecular flexibility index (Phi) is 4.05. The lowest BCUT2D eigenvalue weighted by Gasteiger charge is -2.05. The van der Waals surface area contributed by atoms with E-state index in [1.165, 1.54) is 12.1 Å². The first kappa shape index (κ1) is 13.7. The van der Waals surface area contributed by atoms with Crippen molar-refractivity contribution in [1.82, 2.24) is 4.98 Å². The summed E-state index contributed by atoms with van der Waals surface area (Å²) in [5.74, 6) is 0.828. The van der Waals surface area contributed by atoms with Crippen molar-refractivity contribution in [2.45, 2.75) is 13.3 Å². The lowest BCUT2D eigenvalue weighted by molar-refractivity contribution is -0.385. The number of hydrogen-bond acceptors (Lipinski definition) is 5. The van der Waals surface area contributed by atoms with Crippen LogP contribution in [0.1, 0.15) is 23.7 Å². The third-order valence-corrected chi connectivity index (χ3v) is 2.65. The zero-order valence-electron chi connectivity index (χ0n) is 10.8. The number of hydrogen-bond donors (Lipinski definition) is 0. The van der Waals surface area contributed by atoms with E-state index >= 15 is 0 Å². The van der Waals surface area contributed by atoms with Gasteiger partial charge in [-0.1, -0.05) is 6.92 Å². The van der Waals surface area contributed by atoms with E-state index in [4.69, 9.17) is 4.74 Å². The third-order valence-electron chi connectivity index (χ3n) is 2.65. The van der Waals surface area contributed by atoms with Crippen LogP contribution in [0.5, 0.6) is 11.6 Å². The van der Waals surface area contributed by atoms with Crippen LogP contribution in [0.15, 0.2) is 42.6 Å². The van der Waals surface area contributed by atoms with Crippen LogP contribution >= 0.6 is 0 Å². The smallest absolute Gasteiger partial charge is 0.287 e. The van der Waals surface area contributed by atoms with Crippen molar-refractivity contribution in [2.75, 3.05) is 0 Å². The molecule has 0 fully saturated rings. The molecule has 0 aliphatic carbocycles. The largest absolute Gasteiger partial charge is 0.439 e. The summed E-state index contributed by atoms with van der Waals surface area (Å²) in [7, 11) is 0. The van der Waals surface area contributed by atoms with Crippen molar-refractivity contribution in [3.05, 3.63) is 58.3 Å². The molecular weight excluding hydrogens is 260 g/mol. The molecule has 0 saturated heterocycles. The number of nitrogens with zero attached hydrogens (tertiary/aromatic N) is 2. The van der Waals surface area contributed by atoms with Gasteiger partial charge in [-0.3, -0.25) is 14.9 Å². The fraction of sp³-hybridized carbons (Fsp3) is 0.143. The molecule has 0 unspecified atom stereocenters. The average Bonchev–Trinajstić information content (AvgIpc) is 2.48. The molecule has 0 aliphatic rings. The first-order valence-electron chi connectivity index (χ1n) is 6.01. The number of Topliss-reactive ketones (excluding diaryl/α,β-unsaturated/α-hetero) is 1. The SMILES string of the molecule is CCC(=O)c1ccc(Oc2ccc([N+](=O)[O-])cn2)cc1. The van der Waals surface area contributed by atoms with Crippen molar-refractivity contribution in [1.29, 1.82) is 0 Å². The predicted molar refractivity (Wildman–Crippen MR) is 72.0 cm³/mol. The summed E-state index contributed by atoms with van der Waals surface area (Å²) in [6.07, 6.45) is 1.58.